The fraction of sp³-hybridized carbons (Fsp3) is 0.412. The van der Waals surface area contributed by atoms with Crippen molar-refractivity contribution in [2.45, 2.75) is 32.4 Å². The zero-order valence-corrected chi connectivity index (χ0v) is 16.1. The van der Waals surface area contributed by atoms with Crippen LogP contribution in [0.3, 0.4) is 0 Å². The molecule has 1 N–H and O–H groups in total. The lowest BCUT2D eigenvalue weighted by Gasteiger charge is -2.12. The van der Waals surface area contributed by atoms with Crippen LogP contribution in [0.4, 0.5) is 5.13 Å². The smallest absolute Gasteiger partial charge is 0.315 e. The van der Waals surface area contributed by atoms with E-state index in [1.165, 1.54) is 23.1 Å². The molecule has 0 saturated heterocycles. The molecule has 1 atom stereocenters. The van der Waals surface area contributed by atoms with Gasteiger partial charge >= 0.3 is 5.97 Å². The number of aryl methyl sites for hydroxylation is 1. The van der Waals surface area contributed by atoms with Crippen molar-refractivity contribution in [2.75, 3.05) is 17.7 Å². The minimum atomic E-state index is -0.337. The molecule has 0 saturated carbocycles. The fourth-order valence-corrected chi connectivity index (χ4v) is 3.71. The summed E-state index contributed by atoms with van der Waals surface area (Å²) in [5.74, 6) is -0.329. The van der Waals surface area contributed by atoms with Crippen LogP contribution in [0, 0.1) is 6.92 Å². The second-order valence-corrected chi connectivity index (χ2v) is 7.45. The van der Waals surface area contributed by atoms with Crippen LogP contribution < -0.4 is 5.32 Å². The normalized spacial score (nSPS) is 11.8. The van der Waals surface area contributed by atoms with Gasteiger partial charge in [-0.15, -0.1) is 22.0 Å². The number of thioether (sulfide) groups is 1. The third-order valence-electron chi connectivity index (χ3n) is 3.29. The van der Waals surface area contributed by atoms with E-state index in [1.807, 2.05) is 38.1 Å². The molecule has 25 heavy (non-hydrogen) atoms. The first-order valence-electron chi connectivity index (χ1n) is 8.02. The van der Waals surface area contributed by atoms with E-state index in [9.17, 15) is 9.59 Å². The standard InChI is InChI=1S/C17H21N3O3S2/c1-4-13(24-10-14(21)23-5-2)15(22)18-17-20-19-16(25-17)12-8-6-7-11(3)9-12/h6-9,13H,4-5,10H2,1-3H3,(H,18,20,22). The number of rotatable bonds is 8. The largest absolute Gasteiger partial charge is 0.465 e. The summed E-state index contributed by atoms with van der Waals surface area (Å²) in [6.45, 7) is 6.02. The molecule has 0 fully saturated rings. The van der Waals surface area contributed by atoms with Gasteiger partial charge < -0.3 is 4.74 Å². The van der Waals surface area contributed by atoms with E-state index < -0.39 is 0 Å². The number of esters is 1. The third kappa shape index (κ3) is 5.82. The van der Waals surface area contributed by atoms with Crippen molar-refractivity contribution in [3.63, 3.8) is 0 Å². The van der Waals surface area contributed by atoms with E-state index in [0.717, 1.165) is 16.1 Å². The topological polar surface area (TPSA) is 81.2 Å². The van der Waals surface area contributed by atoms with Crippen molar-refractivity contribution >= 4 is 40.1 Å². The molecule has 1 aromatic carbocycles. The van der Waals surface area contributed by atoms with E-state index in [0.29, 0.717) is 18.2 Å². The predicted octanol–water partition coefficient (Wildman–Crippen LogP) is 3.53. The molecule has 0 spiro atoms. The molecule has 2 rings (SSSR count). The Hall–Kier alpha value is -1.93. The second kappa shape index (κ2) is 9.53. The Kier molecular flexibility index (Phi) is 7.39. The van der Waals surface area contributed by atoms with Gasteiger partial charge in [-0.2, -0.15) is 0 Å². The highest BCUT2D eigenvalue weighted by Crippen LogP contribution is 2.27. The SMILES string of the molecule is CCOC(=O)CSC(CC)C(=O)Nc1nnc(-c2cccc(C)c2)s1. The van der Waals surface area contributed by atoms with Crippen molar-refractivity contribution in [1.82, 2.24) is 10.2 Å². The van der Waals surface area contributed by atoms with Gasteiger partial charge in [0.05, 0.1) is 17.6 Å². The van der Waals surface area contributed by atoms with Crippen LogP contribution >= 0.6 is 23.1 Å². The van der Waals surface area contributed by atoms with E-state index in [-0.39, 0.29) is 22.9 Å². The third-order valence-corrected chi connectivity index (χ3v) is 5.53. The van der Waals surface area contributed by atoms with Crippen LogP contribution in [0.25, 0.3) is 10.6 Å². The molecule has 134 valence electrons. The molecule has 0 radical (unpaired) electrons. The summed E-state index contributed by atoms with van der Waals surface area (Å²) < 4.78 is 4.88. The molecule has 1 amide bonds. The van der Waals surface area contributed by atoms with Gasteiger partial charge in [-0.25, -0.2) is 0 Å². The number of hydrogen-bond acceptors (Lipinski definition) is 7. The lowest BCUT2D eigenvalue weighted by molar-refractivity contribution is -0.139. The van der Waals surface area contributed by atoms with Gasteiger partial charge in [-0.3, -0.25) is 14.9 Å². The number of aromatic nitrogens is 2. The number of carbonyl (C=O) groups is 2. The quantitative estimate of drug-likeness (QED) is 0.707. The number of benzene rings is 1. The Labute approximate surface area is 155 Å². The Bertz CT molecular complexity index is 733. The number of anilines is 1. The van der Waals surface area contributed by atoms with Gasteiger partial charge in [0.1, 0.15) is 5.01 Å². The lowest BCUT2D eigenvalue weighted by atomic mass is 10.1. The van der Waals surface area contributed by atoms with E-state index in [4.69, 9.17) is 4.74 Å². The average Bonchev–Trinajstić information content (AvgIpc) is 3.04. The fourth-order valence-electron chi connectivity index (χ4n) is 2.10. The van der Waals surface area contributed by atoms with Gasteiger partial charge in [0.25, 0.3) is 0 Å². The molecule has 1 heterocycles. The summed E-state index contributed by atoms with van der Waals surface area (Å²) in [6.07, 6.45) is 0.611. The number of ether oxygens (including phenoxy) is 1. The maximum Gasteiger partial charge on any atom is 0.315 e. The first-order valence-corrected chi connectivity index (χ1v) is 9.88. The van der Waals surface area contributed by atoms with Gasteiger partial charge in [0, 0.05) is 5.56 Å². The van der Waals surface area contributed by atoms with Crippen molar-refractivity contribution in [2.24, 2.45) is 0 Å². The maximum absolute atomic E-state index is 12.4. The van der Waals surface area contributed by atoms with Gasteiger partial charge in [-0.1, -0.05) is 42.0 Å². The molecule has 0 aliphatic rings. The molecule has 2 aromatic rings. The molecular formula is C17H21N3O3S2. The predicted molar refractivity (Wildman–Crippen MR) is 102 cm³/mol. The van der Waals surface area contributed by atoms with Gasteiger partial charge in [0.2, 0.25) is 11.0 Å². The number of nitrogens with one attached hydrogen (secondary N) is 1. The summed E-state index contributed by atoms with van der Waals surface area (Å²) >= 11 is 2.60. The summed E-state index contributed by atoms with van der Waals surface area (Å²) in [7, 11) is 0. The van der Waals surface area contributed by atoms with Crippen molar-refractivity contribution in [3.8, 4) is 10.6 Å². The lowest BCUT2D eigenvalue weighted by Crippen LogP contribution is -2.26. The maximum atomic E-state index is 12.4. The molecule has 1 unspecified atom stereocenters. The monoisotopic (exact) mass is 379 g/mol. The number of nitrogens with zero attached hydrogens (tertiary/aromatic N) is 2. The van der Waals surface area contributed by atoms with E-state index in [2.05, 4.69) is 15.5 Å². The summed E-state index contributed by atoms with van der Waals surface area (Å²) in [4.78, 5) is 23.8. The molecular weight excluding hydrogens is 358 g/mol. The molecule has 0 aliphatic heterocycles. The minimum absolute atomic E-state index is 0.157. The van der Waals surface area contributed by atoms with Crippen LogP contribution in [-0.4, -0.2) is 39.7 Å². The van der Waals surface area contributed by atoms with E-state index >= 15 is 0 Å². The summed E-state index contributed by atoms with van der Waals surface area (Å²) in [5, 5.41) is 11.8. The van der Waals surface area contributed by atoms with Crippen LogP contribution in [0.2, 0.25) is 0 Å². The number of hydrogen-bond donors (Lipinski definition) is 1. The highest BCUT2D eigenvalue weighted by atomic mass is 32.2. The zero-order chi connectivity index (χ0) is 18.2. The first-order chi connectivity index (χ1) is 12.0. The Morgan fingerprint density at radius 2 is 2.12 bits per heavy atom. The van der Waals surface area contributed by atoms with Crippen LogP contribution in [-0.2, 0) is 14.3 Å². The van der Waals surface area contributed by atoms with E-state index in [1.54, 1.807) is 6.92 Å². The number of amides is 1. The molecule has 0 aliphatic carbocycles. The van der Waals surface area contributed by atoms with Crippen molar-refractivity contribution < 1.29 is 14.3 Å². The summed E-state index contributed by atoms with van der Waals surface area (Å²) in [6, 6.07) is 7.96. The highest BCUT2D eigenvalue weighted by molar-refractivity contribution is 8.01. The van der Waals surface area contributed by atoms with Crippen molar-refractivity contribution in [1.29, 1.82) is 0 Å². The Morgan fingerprint density at radius 1 is 1.32 bits per heavy atom. The van der Waals surface area contributed by atoms with Crippen LogP contribution in [0.1, 0.15) is 25.8 Å². The zero-order valence-electron chi connectivity index (χ0n) is 14.4. The molecule has 0 bridgehead atoms. The Balaban J connectivity index is 1.96. The second-order valence-electron chi connectivity index (χ2n) is 5.28. The van der Waals surface area contributed by atoms with Crippen LogP contribution in [0.15, 0.2) is 24.3 Å². The molecule has 1 aromatic heterocycles. The Morgan fingerprint density at radius 3 is 2.80 bits per heavy atom. The summed E-state index contributed by atoms with van der Waals surface area (Å²) in [5.41, 5.74) is 2.11. The van der Waals surface area contributed by atoms with Gasteiger partial charge in [-0.05, 0) is 26.3 Å². The van der Waals surface area contributed by atoms with Gasteiger partial charge in [0.15, 0.2) is 0 Å². The first kappa shape index (κ1) is 19.4. The molecule has 6 nitrogen and oxygen atoms in total. The number of carbonyl (C=O) groups excluding carboxylic acids is 2. The average molecular weight is 380 g/mol. The molecule has 8 heteroatoms. The van der Waals surface area contributed by atoms with Crippen molar-refractivity contribution in [3.05, 3.63) is 29.8 Å². The minimum Gasteiger partial charge on any atom is -0.465 e. The van der Waals surface area contributed by atoms with Crippen LogP contribution in [0.5, 0.6) is 0 Å². The highest BCUT2D eigenvalue weighted by Gasteiger charge is 2.20.